The molecule has 6 nitrogen and oxygen atoms in total. The van der Waals surface area contributed by atoms with E-state index in [-0.39, 0.29) is 0 Å². The Hall–Kier alpha value is -2.86. The molecule has 0 spiro atoms. The lowest BCUT2D eigenvalue weighted by atomic mass is 9.98. The van der Waals surface area contributed by atoms with E-state index in [1.54, 1.807) is 6.20 Å². The first-order chi connectivity index (χ1) is 13.8. The minimum atomic E-state index is 0.541. The van der Waals surface area contributed by atoms with Crippen molar-refractivity contribution < 1.29 is 4.74 Å². The van der Waals surface area contributed by atoms with Crippen molar-refractivity contribution in [2.75, 3.05) is 18.0 Å². The smallest absolute Gasteiger partial charge is 0.223 e. The maximum absolute atomic E-state index is 6.04. The van der Waals surface area contributed by atoms with Crippen LogP contribution in [0.1, 0.15) is 24.8 Å². The molecule has 3 aromatic rings. The van der Waals surface area contributed by atoms with Crippen LogP contribution in [0.4, 0.5) is 5.82 Å². The zero-order valence-corrected chi connectivity index (χ0v) is 15.7. The number of aromatic nitrogens is 3. The van der Waals surface area contributed by atoms with Gasteiger partial charge in [0.05, 0.1) is 5.69 Å². The third kappa shape index (κ3) is 2.85. The number of hydrogen-bond donors (Lipinski definition) is 1. The lowest BCUT2D eigenvalue weighted by molar-refractivity contribution is 0.290. The van der Waals surface area contributed by atoms with Crippen LogP contribution in [-0.4, -0.2) is 39.9 Å². The average Bonchev–Trinajstić information content (AvgIpc) is 3.19. The Balaban J connectivity index is 1.26. The SMILES string of the molecule is c1cnn(-c2ccc3c(c2)COc2nc(N4CCC(NC5CC5)C4)ccc2-3)c1. The highest BCUT2D eigenvalue weighted by atomic mass is 16.5. The molecule has 1 saturated heterocycles. The van der Waals surface area contributed by atoms with E-state index in [2.05, 4.69) is 45.6 Å². The van der Waals surface area contributed by atoms with Gasteiger partial charge < -0.3 is 15.0 Å². The molecule has 1 unspecified atom stereocenters. The number of anilines is 1. The van der Waals surface area contributed by atoms with Gasteiger partial charge >= 0.3 is 0 Å². The minimum Gasteiger partial charge on any atom is -0.472 e. The lowest BCUT2D eigenvalue weighted by Crippen LogP contribution is -2.34. The van der Waals surface area contributed by atoms with Crippen molar-refractivity contribution in [2.24, 2.45) is 0 Å². The molecule has 0 radical (unpaired) electrons. The van der Waals surface area contributed by atoms with Gasteiger partial charge in [-0.15, -0.1) is 0 Å². The predicted octanol–water partition coefficient (Wildman–Crippen LogP) is 3.16. The van der Waals surface area contributed by atoms with Crippen LogP contribution in [0.3, 0.4) is 0 Å². The van der Waals surface area contributed by atoms with E-state index in [1.165, 1.54) is 30.4 Å². The summed E-state index contributed by atoms with van der Waals surface area (Å²) < 4.78 is 7.91. The Bertz CT molecular complexity index is 1010. The first-order valence-electron chi connectivity index (χ1n) is 10.1. The van der Waals surface area contributed by atoms with Gasteiger partial charge in [-0.25, -0.2) is 4.68 Å². The van der Waals surface area contributed by atoms with Crippen LogP contribution in [-0.2, 0) is 6.61 Å². The van der Waals surface area contributed by atoms with Gasteiger partial charge in [0.15, 0.2) is 0 Å². The number of fused-ring (bicyclic) bond motifs is 3. The summed E-state index contributed by atoms with van der Waals surface area (Å²) in [5, 5.41) is 8.05. The van der Waals surface area contributed by atoms with Crippen molar-refractivity contribution in [2.45, 2.75) is 38.0 Å². The summed E-state index contributed by atoms with van der Waals surface area (Å²) in [6, 6.07) is 14.0. The first-order valence-corrected chi connectivity index (χ1v) is 10.1. The van der Waals surface area contributed by atoms with Gasteiger partial charge in [0.25, 0.3) is 0 Å². The van der Waals surface area contributed by atoms with Crippen LogP contribution in [0, 0.1) is 0 Å². The van der Waals surface area contributed by atoms with Crippen LogP contribution < -0.4 is 15.0 Å². The van der Waals surface area contributed by atoms with Crippen molar-refractivity contribution in [1.82, 2.24) is 20.1 Å². The quantitative estimate of drug-likeness (QED) is 0.761. The average molecular weight is 373 g/mol. The molecule has 0 amide bonds. The highest BCUT2D eigenvalue weighted by Gasteiger charge is 2.30. The molecule has 1 aliphatic carbocycles. The van der Waals surface area contributed by atoms with Gasteiger partial charge in [0, 0.05) is 43.1 Å². The van der Waals surface area contributed by atoms with E-state index in [0.29, 0.717) is 12.6 Å². The van der Waals surface area contributed by atoms with E-state index in [0.717, 1.165) is 42.1 Å². The zero-order chi connectivity index (χ0) is 18.5. The Morgan fingerprint density at radius 1 is 1.04 bits per heavy atom. The van der Waals surface area contributed by atoms with Gasteiger partial charge in [0.2, 0.25) is 5.88 Å². The van der Waals surface area contributed by atoms with Crippen LogP contribution in [0.5, 0.6) is 5.88 Å². The lowest BCUT2D eigenvalue weighted by Gasteiger charge is -2.24. The molecule has 2 aromatic heterocycles. The van der Waals surface area contributed by atoms with Crippen molar-refractivity contribution in [3.05, 3.63) is 54.4 Å². The van der Waals surface area contributed by atoms with Crippen LogP contribution in [0.25, 0.3) is 16.8 Å². The molecule has 6 heteroatoms. The Morgan fingerprint density at radius 3 is 2.82 bits per heavy atom. The molecule has 4 heterocycles. The summed E-state index contributed by atoms with van der Waals surface area (Å²) in [5.41, 5.74) is 4.49. The van der Waals surface area contributed by atoms with Crippen LogP contribution >= 0.6 is 0 Å². The summed E-state index contributed by atoms with van der Waals surface area (Å²) in [4.78, 5) is 7.23. The molecule has 6 rings (SSSR count). The fourth-order valence-electron chi connectivity index (χ4n) is 4.28. The van der Waals surface area contributed by atoms with Crippen LogP contribution in [0.2, 0.25) is 0 Å². The van der Waals surface area contributed by atoms with Gasteiger partial charge in [-0.05, 0) is 60.7 Å². The van der Waals surface area contributed by atoms with Gasteiger partial charge in [-0.2, -0.15) is 10.1 Å². The van der Waals surface area contributed by atoms with Crippen molar-refractivity contribution in [1.29, 1.82) is 0 Å². The molecule has 1 N–H and O–H groups in total. The first kappa shape index (κ1) is 16.1. The molecule has 142 valence electrons. The Labute approximate surface area is 164 Å². The fraction of sp³-hybridized carbons (Fsp3) is 0.364. The maximum Gasteiger partial charge on any atom is 0.223 e. The van der Waals surface area contributed by atoms with E-state index in [4.69, 9.17) is 9.72 Å². The van der Waals surface area contributed by atoms with Crippen molar-refractivity contribution in [3.8, 4) is 22.7 Å². The minimum absolute atomic E-state index is 0.541. The van der Waals surface area contributed by atoms with Crippen LogP contribution in [0.15, 0.2) is 48.8 Å². The summed E-state index contributed by atoms with van der Waals surface area (Å²) in [5.74, 6) is 1.77. The van der Waals surface area contributed by atoms with E-state index < -0.39 is 0 Å². The standard InChI is InChI=1S/C22H23N5O/c1-9-23-27(10-1)18-4-5-19-15(12-18)14-28-22-20(19)6-7-21(25-22)26-11-8-17(13-26)24-16-2-3-16/h1,4-7,9-10,12,16-17,24H,2-3,8,11,13-14H2. The molecule has 0 bridgehead atoms. The second kappa shape index (κ2) is 6.34. The topological polar surface area (TPSA) is 55.2 Å². The predicted molar refractivity (Wildman–Crippen MR) is 108 cm³/mol. The number of benzene rings is 1. The Kier molecular flexibility index (Phi) is 3.65. The number of nitrogens with one attached hydrogen (secondary N) is 1. The number of ether oxygens (including phenoxy) is 1. The molecule has 28 heavy (non-hydrogen) atoms. The second-order valence-corrected chi connectivity index (χ2v) is 7.98. The summed E-state index contributed by atoms with van der Waals surface area (Å²) in [6.07, 6.45) is 7.61. The third-order valence-corrected chi connectivity index (χ3v) is 5.92. The van der Waals surface area contributed by atoms with Gasteiger partial charge in [-0.3, -0.25) is 0 Å². The molecule has 3 aliphatic rings. The second-order valence-electron chi connectivity index (χ2n) is 7.98. The highest BCUT2D eigenvalue weighted by molar-refractivity contribution is 5.75. The molecular formula is C22H23N5O. The maximum atomic E-state index is 6.04. The number of nitrogens with zero attached hydrogens (tertiary/aromatic N) is 4. The zero-order valence-electron chi connectivity index (χ0n) is 15.7. The summed E-state index contributed by atoms with van der Waals surface area (Å²) in [6.45, 7) is 2.63. The molecule has 1 aromatic carbocycles. The number of rotatable bonds is 4. The Morgan fingerprint density at radius 2 is 1.96 bits per heavy atom. The largest absolute Gasteiger partial charge is 0.472 e. The normalized spacial score (nSPS) is 20.6. The monoisotopic (exact) mass is 373 g/mol. The highest BCUT2D eigenvalue weighted by Crippen LogP contribution is 2.38. The molecular weight excluding hydrogens is 350 g/mol. The molecule has 2 aliphatic heterocycles. The summed E-state index contributed by atoms with van der Waals surface area (Å²) >= 11 is 0. The number of hydrogen-bond acceptors (Lipinski definition) is 5. The van der Waals surface area contributed by atoms with Crippen molar-refractivity contribution >= 4 is 5.82 Å². The van der Waals surface area contributed by atoms with Crippen molar-refractivity contribution in [3.63, 3.8) is 0 Å². The van der Waals surface area contributed by atoms with Gasteiger partial charge in [0.1, 0.15) is 12.4 Å². The number of pyridine rings is 1. The molecule has 1 atom stereocenters. The molecule has 2 fully saturated rings. The van der Waals surface area contributed by atoms with E-state index in [9.17, 15) is 0 Å². The fourth-order valence-corrected chi connectivity index (χ4v) is 4.28. The summed E-state index contributed by atoms with van der Waals surface area (Å²) in [7, 11) is 0. The molecule has 1 saturated carbocycles. The third-order valence-electron chi connectivity index (χ3n) is 5.92. The van der Waals surface area contributed by atoms with E-state index >= 15 is 0 Å². The van der Waals surface area contributed by atoms with Gasteiger partial charge in [-0.1, -0.05) is 6.07 Å². The van der Waals surface area contributed by atoms with E-state index in [1.807, 2.05) is 16.9 Å².